The topological polar surface area (TPSA) is 9.23 Å². The Labute approximate surface area is 102 Å². The predicted octanol–water partition coefficient (Wildman–Crippen LogP) is 3.75. The van der Waals surface area contributed by atoms with Gasteiger partial charge in [0.2, 0.25) is 0 Å². The van der Waals surface area contributed by atoms with Crippen LogP contribution in [-0.2, 0) is 6.42 Å². The third kappa shape index (κ3) is 3.49. The predicted molar refractivity (Wildman–Crippen MR) is 70.8 cm³/mol. The number of benzene rings is 2. The Bertz CT molecular complexity index is 457. The molecule has 0 atom stereocenters. The summed E-state index contributed by atoms with van der Waals surface area (Å²) in [7, 11) is 0. The van der Waals surface area contributed by atoms with E-state index in [1.807, 2.05) is 42.5 Å². The SMILES string of the molecule is [CH]=Cc1ccc(OCCc2ccccc2)cc1. The third-order valence-electron chi connectivity index (χ3n) is 2.57. The fraction of sp³-hybridized carbons (Fsp3) is 0.125. The highest BCUT2D eigenvalue weighted by Gasteiger charge is 1.95. The molecule has 0 amide bonds. The summed E-state index contributed by atoms with van der Waals surface area (Å²) in [5, 5.41) is 0. The van der Waals surface area contributed by atoms with Gasteiger partial charge >= 0.3 is 0 Å². The lowest BCUT2D eigenvalue weighted by Gasteiger charge is -2.06. The van der Waals surface area contributed by atoms with E-state index in [0.29, 0.717) is 6.61 Å². The second kappa shape index (κ2) is 5.90. The lowest BCUT2D eigenvalue weighted by Crippen LogP contribution is -2.00. The standard InChI is InChI=1S/C16H15O/c1-2-14-8-10-16(11-9-14)17-13-12-15-6-4-3-5-7-15/h1-11H,12-13H2. The van der Waals surface area contributed by atoms with E-state index in [-0.39, 0.29) is 0 Å². The van der Waals surface area contributed by atoms with Crippen LogP contribution in [0.5, 0.6) is 5.75 Å². The van der Waals surface area contributed by atoms with Crippen molar-refractivity contribution >= 4 is 6.08 Å². The van der Waals surface area contributed by atoms with Gasteiger partial charge in [0.05, 0.1) is 6.61 Å². The lowest BCUT2D eigenvalue weighted by atomic mass is 10.2. The first-order valence-electron chi connectivity index (χ1n) is 5.70. The van der Waals surface area contributed by atoms with E-state index >= 15 is 0 Å². The van der Waals surface area contributed by atoms with Crippen molar-refractivity contribution in [3.05, 3.63) is 72.3 Å². The van der Waals surface area contributed by atoms with Gasteiger partial charge in [0, 0.05) is 6.42 Å². The molecule has 0 saturated carbocycles. The van der Waals surface area contributed by atoms with Gasteiger partial charge in [0.1, 0.15) is 5.75 Å². The van der Waals surface area contributed by atoms with Crippen LogP contribution in [0.1, 0.15) is 11.1 Å². The van der Waals surface area contributed by atoms with Gasteiger partial charge in [0.15, 0.2) is 0 Å². The van der Waals surface area contributed by atoms with Crippen molar-refractivity contribution in [2.45, 2.75) is 6.42 Å². The Morgan fingerprint density at radius 1 is 0.941 bits per heavy atom. The van der Waals surface area contributed by atoms with Crippen LogP contribution in [0.25, 0.3) is 6.08 Å². The first-order chi connectivity index (χ1) is 8.38. The van der Waals surface area contributed by atoms with Crippen LogP contribution in [-0.4, -0.2) is 6.61 Å². The molecule has 0 heterocycles. The summed E-state index contributed by atoms with van der Waals surface area (Å²) in [5.41, 5.74) is 2.29. The molecule has 17 heavy (non-hydrogen) atoms. The Hall–Kier alpha value is -2.02. The molecule has 0 aliphatic heterocycles. The van der Waals surface area contributed by atoms with Crippen LogP contribution < -0.4 is 4.74 Å². The van der Waals surface area contributed by atoms with Crippen LogP contribution in [0, 0.1) is 6.58 Å². The number of ether oxygens (including phenoxy) is 1. The summed E-state index contributed by atoms with van der Waals surface area (Å²) in [6.45, 7) is 6.10. The van der Waals surface area contributed by atoms with Crippen molar-refractivity contribution in [1.82, 2.24) is 0 Å². The van der Waals surface area contributed by atoms with Gasteiger partial charge < -0.3 is 4.74 Å². The largest absolute Gasteiger partial charge is 0.493 e. The summed E-state index contributed by atoms with van der Waals surface area (Å²) < 4.78 is 5.65. The first kappa shape index (κ1) is 11.5. The van der Waals surface area contributed by atoms with Crippen molar-refractivity contribution in [2.75, 3.05) is 6.61 Å². The van der Waals surface area contributed by atoms with E-state index in [1.165, 1.54) is 5.56 Å². The Kier molecular flexibility index (Phi) is 3.98. The summed E-state index contributed by atoms with van der Waals surface area (Å²) in [6, 6.07) is 18.1. The molecular formula is C16H15O. The lowest BCUT2D eigenvalue weighted by molar-refractivity contribution is 0.322. The van der Waals surface area contributed by atoms with Gasteiger partial charge in [-0.1, -0.05) is 55.1 Å². The zero-order valence-electron chi connectivity index (χ0n) is 9.67. The Morgan fingerprint density at radius 3 is 2.29 bits per heavy atom. The Morgan fingerprint density at radius 2 is 1.65 bits per heavy atom. The molecule has 0 unspecified atom stereocenters. The van der Waals surface area contributed by atoms with Crippen molar-refractivity contribution < 1.29 is 4.74 Å². The van der Waals surface area contributed by atoms with Crippen LogP contribution in [0.15, 0.2) is 54.6 Å². The normalized spacial score (nSPS) is 9.88. The van der Waals surface area contributed by atoms with Crippen LogP contribution in [0.2, 0.25) is 0 Å². The maximum absolute atomic E-state index is 5.65. The molecular weight excluding hydrogens is 208 g/mol. The summed E-state index contributed by atoms with van der Waals surface area (Å²) in [4.78, 5) is 0. The molecule has 2 rings (SSSR count). The molecule has 1 radical (unpaired) electrons. The van der Waals surface area contributed by atoms with Crippen molar-refractivity contribution in [3.8, 4) is 5.75 Å². The molecule has 0 aliphatic carbocycles. The molecule has 0 bridgehead atoms. The van der Waals surface area contributed by atoms with Crippen LogP contribution in [0.4, 0.5) is 0 Å². The fourth-order valence-electron chi connectivity index (χ4n) is 1.61. The summed E-state index contributed by atoms with van der Waals surface area (Å²) >= 11 is 0. The van der Waals surface area contributed by atoms with Gasteiger partial charge in [-0.3, -0.25) is 0 Å². The molecule has 0 fully saturated rings. The average molecular weight is 223 g/mol. The molecule has 0 saturated heterocycles. The molecule has 1 nitrogen and oxygen atoms in total. The van der Waals surface area contributed by atoms with Gasteiger partial charge in [-0.25, -0.2) is 0 Å². The maximum Gasteiger partial charge on any atom is 0.119 e. The van der Waals surface area contributed by atoms with E-state index in [0.717, 1.165) is 17.7 Å². The smallest absolute Gasteiger partial charge is 0.119 e. The molecule has 1 heteroatoms. The zero-order valence-corrected chi connectivity index (χ0v) is 9.67. The van der Waals surface area contributed by atoms with E-state index in [1.54, 1.807) is 6.08 Å². The van der Waals surface area contributed by atoms with Crippen LogP contribution >= 0.6 is 0 Å². The van der Waals surface area contributed by atoms with E-state index in [9.17, 15) is 0 Å². The van der Waals surface area contributed by atoms with Crippen molar-refractivity contribution in [3.63, 3.8) is 0 Å². The molecule has 0 aliphatic rings. The number of rotatable bonds is 5. The molecule has 0 N–H and O–H groups in total. The van der Waals surface area contributed by atoms with E-state index in [2.05, 4.69) is 12.1 Å². The second-order valence-electron chi connectivity index (χ2n) is 3.82. The molecule has 2 aromatic rings. The molecule has 2 aromatic carbocycles. The number of hydrogen-bond acceptors (Lipinski definition) is 1. The Balaban J connectivity index is 1.84. The maximum atomic E-state index is 5.65. The van der Waals surface area contributed by atoms with Crippen LogP contribution in [0.3, 0.4) is 0 Å². The molecule has 0 spiro atoms. The molecule has 0 aromatic heterocycles. The zero-order chi connectivity index (χ0) is 11.9. The monoisotopic (exact) mass is 223 g/mol. The second-order valence-corrected chi connectivity index (χ2v) is 3.82. The van der Waals surface area contributed by atoms with Crippen molar-refractivity contribution in [1.29, 1.82) is 0 Å². The summed E-state index contributed by atoms with van der Waals surface area (Å²) in [6.07, 6.45) is 2.50. The van der Waals surface area contributed by atoms with E-state index in [4.69, 9.17) is 11.3 Å². The highest BCUT2D eigenvalue weighted by molar-refractivity contribution is 5.47. The minimum atomic E-state index is 0.690. The quantitative estimate of drug-likeness (QED) is 0.750. The minimum absolute atomic E-state index is 0.690. The summed E-state index contributed by atoms with van der Waals surface area (Å²) in [5.74, 6) is 0.881. The average Bonchev–Trinajstić information content (AvgIpc) is 2.41. The number of hydrogen-bond donors (Lipinski definition) is 0. The minimum Gasteiger partial charge on any atom is -0.493 e. The highest BCUT2D eigenvalue weighted by atomic mass is 16.5. The van der Waals surface area contributed by atoms with Gasteiger partial charge in [-0.05, 0) is 23.3 Å². The first-order valence-corrected chi connectivity index (χ1v) is 5.70. The third-order valence-corrected chi connectivity index (χ3v) is 2.57. The van der Waals surface area contributed by atoms with Gasteiger partial charge in [-0.15, -0.1) is 0 Å². The highest BCUT2D eigenvalue weighted by Crippen LogP contribution is 2.13. The van der Waals surface area contributed by atoms with Crippen molar-refractivity contribution in [2.24, 2.45) is 0 Å². The molecule has 85 valence electrons. The fourth-order valence-corrected chi connectivity index (χ4v) is 1.61. The van der Waals surface area contributed by atoms with Gasteiger partial charge in [0.25, 0.3) is 0 Å². The van der Waals surface area contributed by atoms with E-state index < -0.39 is 0 Å². The van der Waals surface area contributed by atoms with Gasteiger partial charge in [-0.2, -0.15) is 0 Å².